The van der Waals surface area contributed by atoms with Gasteiger partial charge in [-0.25, -0.2) is 9.37 Å². The molecular formula is C13H12FNO2S. The maximum Gasteiger partial charge on any atom is 0.308 e. The summed E-state index contributed by atoms with van der Waals surface area (Å²) in [5.41, 5.74) is 2.37. The molecule has 0 saturated heterocycles. The van der Waals surface area contributed by atoms with Gasteiger partial charge in [0.15, 0.2) is 0 Å². The fraction of sp³-hybridized carbons (Fsp3) is 0.231. The number of halogens is 1. The Morgan fingerprint density at radius 2 is 2.17 bits per heavy atom. The molecule has 2 rings (SSSR count). The Labute approximate surface area is 108 Å². The lowest BCUT2D eigenvalue weighted by Crippen LogP contribution is -1.99. The number of aliphatic carboxylic acids is 1. The van der Waals surface area contributed by atoms with Crippen molar-refractivity contribution in [1.82, 2.24) is 4.98 Å². The first-order valence-corrected chi connectivity index (χ1v) is 6.23. The van der Waals surface area contributed by atoms with E-state index in [-0.39, 0.29) is 12.2 Å². The quantitative estimate of drug-likeness (QED) is 0.927. The van der Waals surface area contributed by atoms with Crippen LogP contribution in [0.3, 0.4) is 0 Å². The number of aryl methyl sites for hydroxylation is 2. The standard InChI is InChI=1S/C13H12FNO2S/c1-7-5-9(14)3-4-10(7)13-15-8(2)11(18-13)6-12(16)17/h3-5H,6H2,1-2H3,(H,16,17). The van der Waals surface area contributed by atoms with Crippen LogP contribution in [0, 0.1) is 19.7 Å². The molecule has 0 unspecified atom stereocenters. The topological polar surface area (TPSA) is 50.2 Å². The van der Waals surface area contributed by atoms with Crippen molar-refractivity contribution in [3.05, 3.63) is 40.2 Å². The molecule has 1 aromatic heterocycles. The minimum atomic E-state index is -0.871. The zero-order chi connectivity index (χ0) is 13.3. The summed E-state index contributed by atoms with van der Waals surface area (Å²) in [6, 6.07) is 4.51. The summed E-state index contributed by atoms with van der Waals surface area (Å²) in [5, 5.41) is 9.53. The van der Waals surface area contributed by atoms with Crippen molar-refractivity contribution in [1.29, 1.82) is 0 Å². The molecule has 0 aliphatic carbocycles. The molecule has 0 spiro atoms. The third-order valence-electron chi connectivity index (χ3n) is 2.62. The van der Waals surface area contributed by atoms with Crippen molar-refractivity contribution >= 4 is 17.3 Å². The van der Waals surface area contributed by atoms with Gasteiger partial charge in [-0.15, -0.1) is 11.3 Å². The Bertz CT molecular complexity index is 607. The van der Waals surface area contributed by atoms with Gasteiger partial charge in [-0.2, -0.15) is 0 Å². The lowest BCUT2D eigenvalue weighted by Gasteiger charge is -2.01. The normalized spacial score (nSPS) is 10.6. The molecule has 0 bridgehead atoms. The van der Waals surface area contributed by atoms with Crippen molar-refractivity contribution in [3.8, 4) is 10.6 Å². The number of aromatic nitrogens is 1. The molecule has 0 amide bonds. The van der Waals surface area contributed by atoms with Crippen molar-refractivity contribution < 1.29 is 14.3 Å². The van der Waals surface area contributed by atoms with E-state index in [0.29, 0.717) is 0 Å². The van der Waals surface area contributed by atoms with Gasteiger partial charge in [-0.3, -0.25) is 4.79 Å². The third-order valence-corrected chi connectivity index (χ3v) is 3.81. The van der Waals surface area contributed by atoms with Crippen LogP contribution in [0.25, 0.3) is 10.6 Å². The highest BCUT2D eigenvalue weighted by Crippen LogP contribution is 2.30. The first-order valence-electron chi connectivity index (χ1n) is 5.42. The van der Waals surface area contributed by atoms with Gasteiger partial charge < -0.3 is 5.11 Å². The van der Waals surface area contributed by atoms with Crippen molar-refractivity contribution in [2.75, 3.05) is 0 Å². The summed E-state index contributed by atoms with van der Waals surface area (Å²) >= 11 is 1.35. The van der Waals surface area contributed by atoms with E-state index in [1.165, 1.54) is 23.5 Å². The van der Waals surface area contributed by atoms with Crippen LogP contribution in [0.1, 0.15) is 16.1 Å². The summed E-state index contributed by atoms with van der Waals surface area (Å²) in [7, 11) is 0. The van der Waals surface area contributed by atoms with Gasteiger partial charge in [0.1, 0.15) is 10.8 Å². The Kier molecular flexibility index (Phi) is 3.43. The zero-order valence-electron chi connectivity index (χ0n) is 10.0. The number of carbonyl (C=O) groups is 1. The van der Waals surface area contributed by atoms with Crippen LogP contribution in [-0.4, -0.2) is 16.1 Å². The first kappa shape index (κ1) is 12.7. The first-order chi connectivity index (χ1) is 8.47. The molecular weight excluding hydrogens is 253 g/mol. The van der Waals surface area contributed by atoms with E-state index in [1.54, 1.807) is 13.0 Å². The predicted molar refractivity (Wildman–Crippen MR) is 68.3 cm³/mol. The molecule has 0 atom stereocenters. The van der Waals surface area contributed by atoms with Crippen molar-refractivity contribution in [3.63, 3.8) is 0 Å². The molecule has 0 aliphatic rings. The number of thiazole rings is 1. The molecule has 1 heterocycles. The number of nitrogens with zero attached hydrogens (tertiary/aromatic N) is 1. The summed E-state index contributed by atoms with van der Waals surface area (Å²) in [4.78, 5) is 15.8. The second kappa shape index (κ2) is 4.86. The Morgan fingerprint density at radius 1 is 1.44 bits per heavy atom. The average molecular weight is 265 g/mol. The van der Waals surface area contributed by atoms with Crippen LogP contribution < -0.4 is 0 Å². The minimum Gasteiger partial charge on any atom is -0.481 e. The minimum absolute atomic E-state index is 0.0241. The largest absolute Gasteiger partial charge is 0.481 e. The number of carboxylic acids is 1. The number of carboxylic acid groups (broad SMARTS) is 1. The Balaban J connectivity index is 2.42. The third kappa shape index (κ3) is 2.56. The molecule has 0 aliphatic heterocycles. The van der Waals surface area contributed by atoms with E-state index >= 15 is 0 Å². The van der Waals surface area contributed by atoms with E-state index in [2.05, 4.69) is 4.98 Å². The summed E-state index contributed by atoms with van der Waals surface area (Å²) in [6.07, 6.45) is -0.0241. The number of rotatable bonds is 3. The maximum absolute atomic E-state index is 13.0. The lowest BCUT2D eigenvalue weighted by molar-refractivity contribution is -0.136. The zero-order valence-corrected chi connectivity index (χ0v) is 10.8. The predicted octanol–water partition coefficient (Wildman–Crippen LogP) is 3.19. The van der Waals surface area contributed by atoms with E-state index in [9.17, 15) is 9.18 Å². The lowest BCUT2D eigenvalue weighted by atomic mass is 10.1. The van der Waals surface area contributed by atoms with Crippen LogP contribution in [0.4, 0.5) is 4.39 Å². The van der Waals surface area contributed by atoms with Crippen LogP contribution in [0.2, 0.25) is 0 Å². The van der Waals surface area contributed by atoms with Gasteiger partial charge in [0.2, 0.25) is 0 Å². The van der Waals surface area contributed by atoms with Gasteiger partial charge in [-0.05, 0) is 37.6 Å². The summed E-state index contributed by atoms with van der Waals surface area (Å²) in [6.45, 7) is 3.60. The van der Waals surface area contributed by atoms with Crippen LogP contribution in [-0.2, 0) is 11.2 Å². The van der Waals surface area contributed by atoms with E-state index in [4.69, 9.17) is 5.11 Å². The number of hydrogen-bond acceptors (Lipinski definition) is 3. The van der Waals surface area contributed by atoms with Crippen molar-refractivity contribution in [2.24, 2.45) is 0 Å². The molecule has 1 N–H and O–H groups in total. The van der Waals surface area contributed by atoms with Gasteiger partial charge in [0, 0.05) is 10.4 Å². The second-order valence-electron chi connectivity index (χ2n) is 4.06. The molecule has 18 heavy (non-hydrogen) atoms. The monoisotopic (exact) mass is 265 g/mol. The van der Waals surface area contributed by atoms with E-state index in [0.717, 1.165) is 26.7 Å². The van der Waals surface area contributed by atoms with Gasteiger partial charge in [-0.1, -0.05) is 0 Å². The highest BCUT2D eigenvalue weighted by atomic mass is 32.1. The van der Waals surface area contributed by atoms with Crippen LogP contribution >= 0.6 is 11.3 Å². The summed E-state index contributed by atoms with van der Waals surface area (Å²) in [5.74, 6) is -1.15. The second-order valence-corrected chi connectivity index (χ2v) is 5.14. The van der Waals surface area contributed by atoms with Gasteiger partial charge in [0.25, 0.3) is 0 Å². The molecule has 3 nitrogen and oxygen atoms in total. The fourth-order valence-corrected chi connectivity index (χ4v) is 2.86. The Hall–Kier alpha value is -1.75. The Morgan fingerprint density at radius 3 is 2.78 bits per heavy atom. The smallest absolute Gasteiger partial charge is 0.308 e. The van der Waals surface area contributed by atoms with E-state index in [1.807, 2.05) is 6.92 Å². The van der Waals surface area contributed by atoms with Gasteiger partial charge in [0.05, 0.1) is 12.1 Å². The molecule has 0 saturated carbocycles. The number of hydrogen-bond donors (Lipinski definition) is 1. The van der Waals surface area contributed by atoms with Crippen LogP contribution in [0.5, 0.6) is 0 Å². The molecule has 94 valence electrons. The SMILES string of the molecule is Cc1cc(F)ccc1-c1nc(C)c(CC(=O)O)s1. The summed E-state index contributed by atoms with van der Waals surface area (Å²) < 4.78 is 13.0. The highest BCUT2D eigenvalue weighted by molar-refractivity contribution is 7.15. The van der Waals surface area contributed by atoms with Crippen LogP contribution in [0.15, 0.2) is 18.2 Å². The molecule has 5 heteroatoms. The average Bonchev–Trinajstić information content (AvgIpc) is 2.59. The molecule has 1 aromatic carbocycles. The highest BCUT2D eigenvalue weighted by Gasteiger charge is 2.13. The molecule has 0 fully saturated rings. The maximum atomic E-state index is 13.0. The van der Waals surface area contributed by atoms with Gasteiger partial charge >= 0.3 is 5.97 Å². The van der Waals surface area contributed by atoms with Crippen molar-refractivity contribution in [2.45, 2.75) is 20.3 Å². The molecule has 2 aromatic rings. The molecule has 0 radical (unpaired) electrons. The number of benzene rings is 1. The fourth-order valence-electron chi connectivity index (χ4n) is 1.71. The van der Waals surface area contributed by atoms with E-state index < -0.39 is 5.97 Å².